The molecule has 0 atom stereocenters. The summed E-state index contributed by atoms with van der Waals surface area (Å²) in [4.78, 5) is 30.8. The van der Waals surface area contributed by atoms with Gasteiger partial charge in [0, 0.05) is 54.4 Å². The number of anilines is 1. The van der Waals surface area contributed by atoms with E-state index >= 15 is 0 Å². The van der Waals surface area contributed by atoms with Gasteiger partial charge in [0.1, 0.15) is 0 Å². The van der Waals surface area contributed by atoms with Crippen LogP contribution in [0, 0.1) is 0 Å². The molecule has 2 amide bonds. The number of nitrogens with zero attached hydrogens (tertiary/aromatic N) is 3. The molecule has 0 aliphatic carbocycles. The maximum atomic E-state index is 12.8. The van der Waals surface area contributed by atoms with Crippen LogP contribution >= 0.6 is 0 Å². The fourth-order valence-electron chi connectivity index (χ4n) is 3.01. The van der Waals surface area contributed by atoms with E-state index in [9.17, 15) is 9.59 Å². The molecular weight excluding hydrogens is 330 g/mol. The lowest BCUT2D eigenvalue weighted by Crippen LogP contribution is -2.35. The van der Waals surface area contributed by atoms with Gasteiger partial charge in [-0.15, -0.1) is 0 Å². The molecule has 1 aromatic carbocycles. The van der Waals surface area contributed by atoms with Crippen molar-refractivity contribution in [1.29, 1.82) is 0 Å². The highest BCUT2D eigenvalue weighted by Crippen LogP contribution is 2.20. The third-order valence-corrected chi connectivity index (χ3v) is 4.38. The summed E-state index contributed by atoms with van der Waals surface area (Å²) in [5.74, 6) is -0.321. The lowest BCUT2D eigenvalue weighted by molar-refractivity contribution is 0.0734. The molecule has 3 heterocycles. The van der Waals surface area contributed by atoms with E-state index in [1.165, 1.54) is 6.20 Å². The minimum absolute atomic E-state index is 0.0608. The molecule has 0 saturated heterocycles. The molecule has 0 bridgehead atoms. The molecule has 130 valence electrons. The van der Waals surface area contributed by atoms with Gasteiger partial charge in [0.2, 0.25) is 0 Å². The molecule has 0 unspecified atom stereocenters. The number of aromatic nitrogens is 3. The quantitative estimate of drug-likeness (QED) is 0.760. The summed E-state index contributed by atoms with van der Waals surface area (Å²) >= 11 is 0. The Morgan fingerprint density at radius 2 is 2.00 bits per heavy atom. The zero-order chi connectivity index (χ0) is 17.9. The number of nitrogens with one attached hydrogen (secondary N) is 2. The first-order chi connectivity index (χ1) is 12.7. The van der Waals surface area contributed by atoms with Crippen molar-refractivity contribution in [2.24, 2.45) is 0 Å². The number of carbonyl (C=O) groups excluding carboxylic acids is 2. The smallest absolute Gasteiger partial charge is 0.257 e. The highest BCUT2D eigenvalue weighted by Gasteiger charge is 2.23. The van der Waals surface area contributed by atoms with E-state index in [4.69, 9.17) is 0 Å². The number of pyridine rings is 1. The number of H-pyrrole nitrogens is 1. The van der Waals surface area contributed by atoms with Gasteiger partial charge in [0.25, 0.3) is 11.8 Å². The summed E-state index contributed by atoms with van der Waals surface area (Å²) in [5, 5.41) is 9.80. The van der Waals surface area contributed by atoms with Crippen LogP contribution in [0.1, 0.15) is 32.0 Å². The van der Waals surface area contributed by atoms with E-state index in [2.05, 4.69) is 20.5 Å². The molecule has 0 fully saturated rings. The summed E-state index contributed by atoms with van der Waals surface area (Å²) in [6, 6.07) is 10.4. The summed E-state index contributed by atoms with van der Waals surface area (Å²) in [5.41, 5.74) is 3.72. The Balaban J connectivity index is 1.49. The first-order valence-corrected chi connectivity index (χ1v) is 8.32. The summed E-state index contributed by atoms with van der Waals surface area (Å²) < 4.78 is 0. The summed E-state index contributed by atoms with van der Waals surface area (Å²) in [6.45, 7) is 1.18. The maximum absolute atomic E-state index is 12.8. The van der Waals surface area contributed by atoms with Crippen molar-refractivity contribution in [2.45, 2.75) is 13.0 Å². The molecule has 3 aromatic rings. The van der Waals surface area contributed by atoms with Gasteiger partial charge in [0.05, 0.1) is 11.8 Å². The molecule has 2 aromatic heterocycles. The Morgan fingerprint density at radius 3 is 2.85 bits per heavy atom. The molecule has 1 aliphatic rings. The Morgan fingerprint density at radius 1 is 1.12 bits per heavy atom. The minimum atomic E-state index is -0.260. The van der Waals surface area contributed by atoms with Crippen LogP contribution in [0.25, 0.3) is 0 Å². The van der Waals surface area contributed by atoms with Crippen LogP contribution in [-0.2, 0) is 13.0 Å². The lowest BCUT2D eigenvalue weighted by atomic mass is 10.1. The predicted molar refractivity (Wildman–Crippen MR) is 95.7 cm³/mol. The Bertz CT molecular complexity index is 951. The lowest BCUT2D eigenvalue weighted by Gasteiger charge is -2.26. The first kappa shape index (κ1) is 16.0. The van der Waals surface area contributed by atoms with Crippen molar-refractivity contribution < 1.29 is 9.59 Å². The number of aromatic amines is 1. The Hall–Kier alpha value is -3.48. The topological polar surface area (TPSA) is 91.0 Å². The highest BCUT2D eigenvalue weighted by molar-refractivity contribution is 6.04. The maximum Gasteiger partial charge on any atom is 0.257 e. The zero-order valence-electron chi connectivity index (χ0n) is 14.0. The van der Waals surface area contributed by atoms with Crippen LogP contribution < -0.4 is 5.32 Å². The molecule has 1 aliphatic heterocycles. The number of hydrogen-bond donors (Lipinski definition) is 2. The van der Waals surface area contributed by atoms with Crippen molar-refractivity contribution in [3.05, 3.63) is 77.4 Å². The first-order valence-electron chi connectivity index (χ1n) is 8.32. The second kappa shape index (κ2) is 6.79. The van der Waals surface area contributed by atoms with Gasteiger partial charge in [-0.25, -0.2) is 0 Å². The second-order valence-corrected chi connectivity index (χ2v) is 6.13. The van der Waals surface area contributed by atoms with Crippen LogP contribution in [0.4, 0.5) is 5.69 Å². The van der Waals surface area contributed by atoms with Crippen LogP contribution in [0.5, 0.6) is 0 Å². The molecular formula is C19H17N5O2. The fourth-order valence-corrected chi connectivity index (χ4v) is 3.01. The number of carbonyl (C=O) groups is 2. The van der Waals surface area contributed by atoms with Crippen molar-refractivity contribution in [1.82, 2.24) is 20.1 Å². The van der Waals surface area contributed by atoms with Gasteiger partial charge in [-0.1, -0.05) is 6.07 Å². The monoisotopic (exact) mass is 347 g/mol. The summed E-state index contributed by atoms with van der Waals surface area (Å²) in [6.07, 6.45) is 5.64. The van der Waals surface area contributed by atoms with Crippen molar-refractivity contribution in [2.75, 3.05) is 11.9 Å². The third-order valence-electron chi connectivity index (χ3n) is 4.38. The number of amides is 2. The van der Waals surface area contributed by atoms with Gasteiger partial charge in [-0.05, 0) is 30.3 Å². The van der Waals surface area contributed by atoms with Crippen molar-refractivity contribution in [3.63, 3.8) is 0 Å². The highest BCUT2D eigenvalue weighted by atomic mass is 16.2. The molecule has 2 N–H and O–H groups in total. The van der Waals surface area contributed by atoms with Gasteiger partial charge >= 0.3 is 0 Å². The molecule has 0 radical (unpaired) electrons. The standard InChI is InChI=1S/C19H17N5O2/c25-18(14-4-2-7-20-10-14)22-16-5-1-3-13(9-16)19(26)24-8-6-17-15(12-24)11-21-23-17/h1-5,7,9-11H,6,8,12H2,(H,21,23)(H,22,25). The predicted octanol–water partition coefficient (Wildman–Crippen LogP) is 2.26. The molecule has 26 heavy (non-hydrogen) atoms. The SMILES string of the molecule is O=C(Nc1cccc(C(=O)N2CCc3[nH]ncc3C2)c1)c1cccnc1. The van der Waals surface area contributed by atoms with E-state index in [1.54, 1.807) is 53.7 Å². The van der Waals surface area contributed by atoms with E-state index in [1.807, 2.05) is 0 Å². The van der Waals surface area contributed by atoms with Gasteiger partial charge in [-0.3, -0.25) is 19.7 Å². The third kappa shape index (κ3) is 3.19. The van der Waals surface area contributed by atoms with Gasteiger partial charge in [-0.2, -0.15) is 5.10 Å². The number of benzene rings is 1. The van der Waals surface area contributed by atoms with Crippen molar-refractivity contribution >= 4 is 17.5 Å². The van der Waals surface area contributed by atoms with Crippen LogP contribution in [0.15, 0.2) is 55.0 Å². The Labute approximate surface area is 150 Å². The average molecular weight is 347 g/mol. The van der Waals surface area contributed by atoms with E-state index in [0.29, 0.717) is 29.9 Å². The van der Waals surface area contributed by atoms with E-state index < -0.39 is 0 Å². The minimum Gasteiger partial charge on any atom is -0.334 e. The molecule has 7 nitrogen and oxygen atoms in total. The van der Waals surface area contributed by atoms with Crippen molar-refractivity contribution in [3.8, 4) is 0 Å². The van der Waals surface area contributed by atoms with Crippen LogP contribution in [-0.4, -0.2) is 38.4 Å². The largest absolute Gasteiger partial charge is 0.334 e. The van der Waals surface area contributed by atoms with Crippen LogP contribution in [0.2, 0.25) is 0 Å². The Kier molecular flexibility index (Phi) is 4.18. The summed E-state index contributed by atoms with van der Waals surface area (Å²) in [7, 11) is 0. The number of rotatable bonds is 3. The number of hydrogen-bond acceptors (Lipinski definition) is 4. The normalized spacial score (nSPS) is 13.2. The number of fused-ring (bicyclic) bond motifs is 1. The average Bonchev–Trinajstić information content (AvgIpc) is 3.16. The molecule has 0 spiro atoms. The van der Waals surface area contributed by atoms with Crippen LogP contribution in [0.3, 0.4) is 0 Å². The molecule has 7 heteroatoms. The van der Waals surface area contributed by atoms with Gasteiger partial charge < -0.3 is 10.2 Å². The zero-order valence-corrected chi connectivity index (χ0v) is 14.0. The van der Waals surface area contributed by atoms with E-state index in [-0.39, 0.29) is 11.8 Å². The van der Waals surface area contributed by atoms with E-state index in [0.717, 1.165) is 17.7 Å². The van der Waals surface area contributed by atoms with Gasteiger partial charge in [0.15, 0.2) is 0 Å². The fraction of sp³-hybridized carbons (Fsp3) is 0.158. The molecule has 4 rings (SSSR count). The second-order valence-electron chi connectivity index (χ2n) is 6.13. The molecule has 0 saturated carbocycles.